The number of ether oxygens (including phenoxy) is 2. The van der Waals surface area contributed by atoms with Gasteiger partial charge in [0.1, 0.15) is 6.61 Å². The van der Waals surface area contributed by atoms with Crippen LogP contribution in [0.1, 0.15) is 117 Å². The van der Waals surface area contributed by atoms with Crippen LogP contribution in [0, 0.1) is 0 Å². The van der Waals surface area contributed by atoms with Crippen LogP contribution < -0.4 is 0 Å². The molecule has 1 atom stereocenters. The molecule has 9 heteroatoms. The fraction of sp³-hybridized carbons (Fsp3) is 0.778. The molecule has 0 fully saturated rings. The maximum absolute atomic E-state index is 12.2. The van der Waals surface area contributed by atoms with E-state index in [0.717, 1.165) is 70.6 Å². The Kier molecular flexibility index (Phi) is 22.9. The Bertz CT molecular complexity index is 656. The molecule has 8 nitrogen and oxygen atoms in total. The molecule has 0 aromatic heterocycles. The average molecular weight is 533 g/mol. The van der Waals surface area contributed by atoms with Crippen molar-refractivity contribution in [3.8, 4) is 0 Å². The molecule has 0 saturated carbocycles. The molecule has 0 aromatic rings. The third kappa shape index (κ3) is 25.6. The first kappa shape index (κ1) is 34.5. The minimum Gasteiger partial charge on any atom is -0.462 e. The van der Waals surface area contributed by atoms with E-state index in [0.29, 0.717) is 12.8 Å². The summed E-state index contributed by atoms with van der Waals surface area (Å²) >= 11 is 0. The van der Waals surface area contributed by atoms with E-state index in [4.69, 9.17) is 19.3 Å². The molecule has 0 saturated heterocycles. The normalized spacial score (nSPS) is 12.9. The summed E-state index contributed by atoms with van der Waals surface area (Å²) < 4.78 is 25.9. The number of carbonyl (C=O) groups excluding carboxylic acids is 2. The van der Waals surface area contributed by atoms with Crippen molar-refractivity contribution in [3.63, 3.8) is 0 Å². The lowest BCUT2D eigenvalue weighted by Crippen LogP contribution is -2.29. The molecule has 0 rings (SSSR count). The van der Waals surface area contributed by atoms with Crippen molar-refractivity contribution < 1.29 is 37.9 Å². The Hall–Kier alpha value is -1.47. The largest absolute Gasteiger partial charge is 0.469 e. The van der Waals surface area contributed by atoms with Crippen LogP contribution in [0.15, 0.2) is 24.3 Å². The number of carbonyl (C=O) groups is 2. The zero-order chi connectivity index (χ0) is 26.9. The Balaban J connectivity index is 4.14. The Labute approximate surface area is 218 Å². The van der Waals surface area contributed by atoms with Crippen LogP contribution in [0.5, 0.6) is 0 Å². The highest BCUT2D eigenvalue weighted by molar-refractivity contribution is 7.46. The van der Waals surface area contributed by atoms with Gasteiger partial charge in [-0.05, 0) is 51.9 Å². The molecule has 36 heavy (non-hydrogen) atoms. The van der Waals surface area contributed by atoms with Crippen LogP contribution in [0.4, 0.5) is 0 Å². The smallest absolute Gasteiger partial charge is 0.462 e. The first-order chi connectivity index (χ1) is 17.3. The van der Waals surface area contributed by atoms with Crippen LogP contribution in [-0.4, -0.2) is 41.0 Å². The van der Waals surface area contributed by atoms with Gasteiger partial charge in [-0.15, -0.1) is 0 Å². The lowest BCUT2D eigenvalue weighted by Gasteiger charge is -2.18. The van der Waals surface area contributed by atoms with E-state index in [1.165, 1.54) is 6.42 Å². The van der Waals surface area contributed by atoms with Crippen molar-refractivity contribution in [2.75, 3.05) is 13.2 Å². The van der Waals surface area contributed by atoms with Gasteiger partial charge in [-0.1, -0.05) is 76.2 Å². The van der Waals surface area contributed by atoms with E-state index < -0.39 is 32.5 Å². The van der Waals surface area contributed by atoms with E-state index >= 15 is 0 Å². The van der Waals surface area contributed by atoms with Gasteiger partial charge < -0.3 is 19.3 Å². The van der Waals surface area contributed by atoms with Crippen molar-refractivity contribution >= 4 is 19.8 Å². The highest BCUT2D eigenvalue weighted by Crippen LogP contribution is 2.35. The first-order valence-corrected chi connectivity index (χ1v) is 15.1. The second-order valence-electron chi connectivity index (χ2n) is 9.02. The highest BCUT2D eigenvalue weighted by Gasteiger charge is 2.22. The molecule has 0 spiro atoms. The van der Waals surface area contributed by atoms with Gasteiger partial charge in [-0.2, -0.15) is 0 Å². The van der Waals surface area contributed by atoms with E-state index in [-0.39, 0.29) is 19.4 Å². The van der Waals surface area contributed by atoms with Crippen LogP contribution in [0.3, 0.4) is 0 Å². The minimum atomic E-state index is -4.73. The molecule has 2 N–H and O–H groups in total. The predicted octanol–water partition coefficient (Wildman–Crippen LogP) is 6.94. The number of rotatable bonds is 24. The Morgan fingerprint density at radius 1 is 0.750 bits per heavy atom. The third-order valence-corrected chi connectivity index (χ3v) is 6.00. The number of allylic oxidation sites excluding steroid dienone is 4. The summed E-state index contributed by atoms with van der Waals surface area (Å²) in [5.74, 6) is -0.920. The van der Waals surface area contributed by atoms with Gasteiger partial charge in [-0.25, -0.2) is 4.57 Å². The van der Waals surface area contributed by atoms with Crippen LogP contribution in [-0.2, 0) is 28.2 Å². The van der Waals surface area contributed by atoms with Gasteiger partial charge in [-0.3, -0.25) is 14.1 Å². The Morgan fingerprint density at radius 2 is 1.28 bits per heavy atom. The number of hydrogen-bond donors (Lipinski definition) is 2. The molecule has 0 aromatic carbocycles. The van der Waals surface area contributed by atoms with Crippen molar-refractivity contribution in [2.24, 2.45) is 0 Å². The number of hydrogen-bond acceptors (Lipinski definition) is 6. The zero-order valence-corrected chi connectivity index (χ0v) is 23.3. The molecule has 0 amide bonds. The molecule has 0 aliphatic carbocycles. The van der Waals surface area contributed by atoms with Gasteiger partial charge in [0.25, 0.3) is 0 Å². The van der Waals surface area contributed by atoms with Gasteiger partial charge in [0, 0.05) is 12.8 Å². The lowest BCUT2D eigenvalue weighted by molar-refractivity contribution is -0.161. The predicted molar refractivity (Wildman–Crippen MR) is 142 cm³/mol. The van der Waals surface area contributed by atoms with E-state index in [2.05, 4.69) is 29.7 Å². The van der Waals surface area contributed by atoms with E-state index in [1.54, 1.807) is 0 Å². The van der Waals surface area contributed by atoms with Gasteiger partial charge in [0.15, 0.2) is 6.10 Å². The maximum Gasteiger partial charge on any atom is 0.469 e. The van der Waals surface area contributed by atoms with Gasteiger partial charge in [0.05, 0.1) is 6.61 Å². The number of phosphoric acid groups is 1. The quantitative estimate of drug-likeness (QED) is 0.0593. The standard InChI is InChI=1S/C27H49O8P/c1-3-5-7-9-11-13-14-16-18-20-22-27(29)35-25(24-34-36(30,31)32)23-33-26(28)21-19-17-15-12-10-8-6-4-2/h4,6-7,9,25H,3,5,8,10-24H2,1-2H3,(H2,30,31,32)/b6-4+,9-7+/t25-/m1/s1. The topological polar surface area (TPSA) is 119 Å². The summed E-state index contributed by atoms with van der Waals surface area (Å²) in [7, 11) is -4.73. The fourth-order valence-corrected chi connectivity index (χ4v) is 3.85. The molecule has 0 aliphatic heterocycles. The summed E-state index contributed by atoms with van der Waals surface area (Å²) in [5.41, 5.74) is 0. The van der Waals surface area contributed by atoms with Crippen molar-refractivity contribution in [1.82, 2.24) is 0 Å². The van der Waals surface area contributed by atoms with Gasteiger partial charge >= 0.3 is 19.8 Å². The summed E-state index contributed by atoms with van der Waals surface area (Å²) in [4.78, 5) is 42.1. The second-order valence-corrected chi connectivity index (χ2v) is 10.3. The van der Waals surface area contributed by atoms with E-state index in [9.17, 15) is 14.2 Å². The maximum atomic E-state index is 12.2. The molecule has 0 unspecified atom stereocenters. The third-order valence-electron chi connectivity index (χ3n) is 5.52. The van der Waals surface area contributed by atoms with E-state index in [1.807, 2.05) is 13.0 Å². The van der Waals surface area contributed by atoms with Crippen molar-refractivity contribution in [3.05, 3.63) is 24.3 Å². The van der Waals surface area contributed by atoms with Crippen molar-refractivity contribution in [2.45, 2.75) is 123 Å². The summed E-state index contributed by atoms with van der Waals surface area (Å²) in [5, 5.41) is 0. The lowest BCUT2D eigenvalue weighted by atomic mass is 10.1. The first-order valence-electron chi connectivity index (χ1n) is 13.6. The molecule has 0 bridgehead atoms. The minimum absolute atomic E-state index is 0.199. The second kappa shape index (κ2) is 23.9. The van der Waals surface area contributed by atoms with Crippen LogP contribution in [0.25, 0.3) is 0 Å². The van der Waals surface area contributed by atoms with Gasteiger partial charge in [0.2, 0.25) is 0 Å². The molecular formula is C27H49O8P. The summed E-state index contributed by atoms with van der Waals surface area (Å²) in [6, 6.07) is 0. The zero-order valence-electron chi connectivity index (χ0n) is 22.4. The molecule has 0 aliphatic rings. The molecular weight excluding hydrogens is 483 g/mol. The summed E-state index contributed by atoms with van der Waals surface area (Å²) in [6.07, 6.45) is 22.3. The Morgan fingerprint density at radius 3 is 1.86 bits per heavy atom. The number of esters is 2. The molecule has 0 radical (unpaired) electrons. The van der Waals surface area contributed by atoms with Crippen LogP contribution >= 0.6 is 7.82 Å². The van der Waals surface area contributed by atoms with Crippen LogP contribution in [0.2, 0.25) is 0 Å². The monoisotopic (exact) mass is 532 g/mol. The number of unbranched alkanes of at least 4 members (excludes halogenated alkanes) is 11. The molecule has 0 heterocycles. The fourth-order valence-electron chi connectivity index (χ4n) is 3.49. The molecule has 210 valence electrons. The SMILES string of the molecule is C/C=C/CCCCCCCC(=O)OC[C@H](COP(=O)(O)O)OC(=O)CCCCCCC/C=C/CCC. The number of phosphoric ester groups is 1. The summed E-state index contributed by atoms with van der Waals surface area (Å²) in [6.45, 7) is 3.33. The highest BCUT2D eigenvalue weighted by atomic mass is 31.2. The average Bonchev–Trinajstić information content (AvgIpc) is 2.83. The van der Waals surface area contributed by atoms with Crippen molar-refractivity contribution in [1.29, 1.82) is 0 Å².